The Kier molecular flexibility index (Phi) is 4.89. The van der Waals surface area contributed by atoms with Crippen LogP contribution < -0.4 is 11.2 Å². The van der Waals surface area contributed by atoms with E-state index in [-0.39, 0.29) is 25.1 Å². The minimum atomic E-state index is -0.693. The second-order valence-electron chi connectivity index (χ2n) is 6.17. The van der Waals surface area contributed by atoms with Gasteiger partial charge in [-0.15, -0.1) is 0 Å². The summed E-state index contributed by atoms with van der Waals surface area (Å²) in [5, 5.41) is 13.0. The van der Waals surface area contributed by atoms with E-state index in [4.69, 9.17) is 10.3 Å². The van der Waals surface area contributed by atoms with Crippen LogP contribution >= 0.6 is 0 Å². The zero-order valence-electron chi connectivity index (χ0n) is 13.8. The van der Waals surface area contributed by atoms with Crippen molar-refractivity contribution < 1.29 is 9.84 Å². The summed E-state index contributed by atoms with van der Waals surface area (Å²) in [5.74, 6) is 0. The number of aliphatic hydroxyl groups is 1. The van der Waals surface area contributed by atoms with Gasteiger partial charge < -0.3 is 9.84 Å². The van der Waals surface area contributed by atoms with E-state index in [0.29, 0.717) is 12.0 Å². The minimum absolute atomic E-state index is 0.224. The number of aryl methyl sites for hydroxylation is 1. The van der Waals surface area contributed by atoms with Gasteiger partial charge in [-0.1, -0.05) is 23.3 Å². The molecule has 25 heavy (non-hydrogen) atoms. The predicted molar refractivity (Wildman–Crippen MR) is 90.1 cm³/mol. The lowest BCUT2D eigenvalue weighted by molar-refractivity contribution is -0.0277. The van der Waals surface area contributed by atoms with E-state index in [1.54, 1.807) is 6.92 Å². The van der Waals surface area contributed by atoms with Crippen LogP contribution in [0, 0.1) is 6.92 Å². The maximum absolute atomic E-state index is 12.8. The molecule has 1 aliphatic heterocycles. The summed E-state index contributed by atoms with van der Waals surface area (Å²) in [6, 6.07) is -0.561. The van der Waals surface area contributed by atoms with Crippen LogP contribution in [0.5, 0.6) is 0 Å². The van der Waals surface area contributed by atoms with Crippen molar-refractivity contribution in [2.75, 3.05) is 6.61 Å². The van der Waals surface area contributed by atoms with Gasteiger partial charge in [0, 0.05) is 23.1 Å². The van der Waals surface area contributed by atoms with Gasteiger partial charge in [-0.05, 0) is 24.4 Å². The highest BCUT2D eigenvalue weighted by Crippen LogP contribution is 2.29. The molecule has 9 heteroatoms. The van der Waals surface area contributed by atoms with Gasteiger partial charge in [-0.25, -0.2) is 4.79 Å². The van der Waals surface area contributed by atoms with Crippen molar-refractivity contribution in [1.29, 1.82) is 0 Å². The molecule has 132 valence electrons. The zero-order valence-corrected chi connectivity index (χ0v) is 13.8. The first-order chi connectivity index (χ1) is 12.0. The standard InChI is InChI=1S/C16H19N5O4/c1-10-7-20(14-6-12(18-19-17)13(9-22)25-14)16(24)21(15(10)23)8-11-4-2-3-5-11/h2-4,7,12-14,22H,5-6,8-9H2,1H3/t12-,13+,14+/m0/s1. The van der Waals surface area contributed by atoms with Crippen LogP contribution in [-0.4, -0.2) is 33.0 Å². The van der Waals surface area contributed by atoms with Gasteiger partial charge in [0.1, 0.15) is 6.23 Å². The van der Waals surface area contributed by atoms with Gasteiger partial charge in [-0.3, -0.25) is 13.9 Å². The van der Waals surface area contributed by atoms with Crippen molar-refractivity contribution in [1.82, 2.24) is 9.13 Å². The van der Waals surface area contributed by atoms with Crippen LogP contribution in [0.25, 0.3) is 10.4 Å². The number of hydrogen-bond acceptors (Lipinski definition) is 5. The first kappa shape index (κ1) is 17.2. The second-order valence-corrected chi connectivity index (χ2v) is 6.17. The van der Waals surface area contributed by atoms with E-state index in [0.717, 1.165) is 5.57 Å². The van der Waals surface area contributed by atoms with E-state index in [9.17, 15) is 14.7 Å². The molecule has 0 spiro atoms. The molecule has 1 aliphatic carbocycles. The molecule has 0 bridgehead atoms. The van der Waals surface area contributed by atoms with Crippen molar-refractivity contribution in [2.45, 2.75) is 44.7 Å². The molecule has 1 saturated heterocycles. The Labute approximate surface area is 143 Å². The van der Waals surface area contributed by atoms with Crippen LogP contribution in [0.4, 0.5) is 0 Å². The molecular weight excluding hydrogens is 326 g/mol. The number of rotatable bonds is 5. The lowest BCUT2D eigenvalue weighted by atomic mass is 10.1. The topological polar surface area (TPSA) is 122 Å². The lowest BCUT2D eigenvalue weighted by Crippen LogP contribution is -2.42. The quantitative estimate of drug-likeness (QED) is 0.489. The van der Waals surface area contributed by atoms with Crippen LogP contribution in [0.1, 0.15) is 24.6 Å². The number of ether oxygens (including phenoxy) is 1. The normalized spacial score (nSPS) is 25.0. The summed E-state index contributed by atoms with van der Waals surface area (Å²) in [6.45, 7) is 1.55. The van der Waals surface area contributed by atoms with Crippen LogP contribution in [0.2, 0.25) is 0 Å². The largest absolute Gasteiger partial charge is 0.394 e. The fourth-order valence-electron chi connectivity index (χ4n) is 3.15. The summed E-state index contributed by atoms with van der Waals surface area (Å²) >= 11 is 0. The molecule has 3 atom stereocenters. The molecule has 3 rings (SSSR count). The van der Waals surface area contributed by atoms with Crippen molar-refractivity contribution in [2.24, 2.45) is 5.11 Å². The Balaban J connectivity index is 1.97. The molecule has 2 aliphatic rings. The number of aromatic nitrogens is 2. The number of aliphatic hydroxyl groups excluding tert-OH is 1. The van der Waals surface area contributed by atoms with E-state index in [2.05, 4.69) is 10.0 Å². The third-order valence-electron chi connectivity index (χ3n) is 4.47. The van der Waals surface area contributed by atoms with Gasteiger partial charge in [0.15, 0.2) is 0 Å². The van der Waals surface area contributed by atoms with Gasteiger partial charge in [0.05, 0.1) is 25.3 Å². The molecule has 1 fully saturated rings. The average Bonchev–Trinajstić information content (AvgIpc) is 3.25. The van der Waals surface area contributed by atoms with Crippen molar-refractivity contribution >= 4 is 0 Å². The highest BCUT2D eigenvalue weighted by molar-refractivity contribution is 5.23. The Morgan fingerprint density at radius 2 is 2.28 bits per heavy atom. The molecule has 1 N–H and O–H groups in total. The summed E-state index contributed by atoms with van der Waals surface area (Å²) < 4.78 is 8.20. The molecule has 1 aromatic rings. The second kappa shape index (κ2) is 7.10. The predicted octanol–water partition coefficient (Wildman–Crippen LogP) is 1.16. The highest BCUT2D eigenvalue weighted by Gasteiger charge is 2.36. The summed E-state index contributed by atoms with van der Waals surface area (Å²) in [6.07, 6.45) is 6.82. The van der Waals surface area contributed by atoms with Crippen molar-refractivity contribution in [3.05, 3.63) is 66.8 Å². The monoisotopic (exact) mass is 345 g/mol. The molecule has 0 unspecified atom stereocenters. The molecule has 1 aromatic heterocycles. The summed E-state index contributed by atoms with van der Waals surface area (Å²) in [4.78, 5) is 28.0. The lowest BCUT2D eigenvalue weighted by Gasteiger charge is -2.18. The summed E-state index contributed by atoms with van der Waals surface area (Å²) in [7, 11) is 0. The molecule has 0 saturated carbocycles. The molecule has 0 aromatic carbocycles. The van der Waals surface area contributed by atoms with Crippen molar-refractivity contribution in [3.63, 3.8) is 0 Å². The number of allylic oxidation sites excluding steroid dienone is 4. The summed E-state index contributed by atoms with van der Waals surface area (Å²) in [5.41, 5.74) is 9.21. The molecular formula is C16H19N5O4. The Bertz CT molecular complexity index is 891. The third kappa shape index (κ3) is 3.30. The fourth-order valence-corrected chi connectivity index (χ4v) is 3.15. The molecule has 9 nitrogen and oxygen atoms in total. The van der Waals surface area contributed by atoms with Gasteiger partial charge in [0.2, 0.25) is 0 Å². The Hall–Kier alpha value is -2.61. The Morgan fingerprint density at radius 1 is 1.48 bits per heavy atom. The number of hydrogen-bond donors (Lipinski definition) is 1. The Morgan fingerprint density at radius 3 is 2.92 bits per heavy atom. The highest BCUT2D eigenvalue weighted by atomic mass is 16.5. The fraction of sp³-hybridized carbons (Fsp3) is 0.500. The van der Waals surface area contributed by atoms with Crippen LogP contribution in [0.3, 0.4) is 0 Å². The first-order valence-corrected chi connectivity index (χ1v) is 8.02. The zero-order chi connectivity index (χ0) is 18.0. The molecule has 0 radical (unpaired) electrons. The van der Waals surface area contributed by atoms with E-state index in [1.807, 2.05) is 18.2 Å². The number of nitrogens with zero attached hydrogens (tertiary/aromatic N) is 5. The smallest absolute Gasteiger partial charge is 0.333 e. The van der Waals surface area contributed by atoms with Crippen LogP contribution in [0.15, 0.2) is 44.7 Å². The minimum Gasteiger partial charge on any atom is -0.394 e. The first-order valence-electron chi connectivity index (χ1n) is 8.02. The third-order valence-corrected chi connectivity index (χ3v) is 4.47. The van der Waals surface area contributed by atoms with E-state index >= 15 is 0 Å². The van der Waals surface area contributed by atoms with Crippen LogP contribution in [-0.2, 0) is 11.3 Å². The van der Waals surface area contributed by atoms with E-state index < -0.39 is 24.1 Å². The van der Waals surface area contributed by atoms with Gasteiger partial charge >= 0.3 is 5.69 Å². The maximum atomic E-state index is 12.8. The average molecular weight is 345 g/mol. The van der Waals surface area contributed by atoms with E-state index in [1.165, 1.54) is 15.3 Å². The van der Waals surface area contributed by atoms with Gasteiger partial charge in [-0.2, -0.15) is 0 Å². The van der Waals surface area contributed by atoms with Gasteiger partial charge in [0.25, 0.3) is 5.56 Å². The molecule has 2 heterocycles. The molecule has 0 amide bonds. The SMILES string of the molecule is Cc1cn([C@H]2C[C@H](N=[N+]=[N-])[C@@H](CO)O2)c(=O)n(CC2=CC=CC2)c1=O. The van der Waals surface area contributed by atoms with Crippen molar-refractivity contribution in [3.8, 4) is 0 Å². The maximum Gasteiger partial charge on any atom is 0.333 e. The number of azide groups is 1.